The fraction of sp³-hybridized carbons (Fsp3) is 0.500. The highest BCUT2D eigenvalue weighted by Crippen LogP contribution is 2.26. The first-order valence-corrected chi connectivity index (χ1v) is 8.13. The van der Waals surface area contributed by atoms with Crippen molar-refractivity contribution < 1.29 is 23.1 Å². The molecule has 0 saturated carbocycles. The molecule has 1 aromatic rings. The summed E-state index contributed by atoms with van der Waals surface area (Å²) in [6, 6.07) is 2.59. The van der Waals surface area contributed by atoms with Gasteiger partial charge < -0.3 is 9.84 Å². The topological polar surface area (TPSA) is 83.9 Å². The minimum atomic E-state index is -3.72. The Balaban J connectivity index is 2.54. The number of sulfonamides is 1. The Morgan fingerprint density at radius 2 is 2.00 bits per heavy atom. The van der Waals surface area contributed by atoms with Crippen molar-refractivity contribution in [2.75, 3.05) is 19.8 Å². The summed E-state index contributed by atoms with van der Waals surface area (Å²) in [5, 5.41) is 9.18. The van der Waals surface area contributed by atoms with Crippen LogP contribution in [0.3, 0.4) is 0 Å². The fourth-order valence-electron chi connectivity index (χ4n) is 2.54. The number of carbonyl (C=O) groups is 1. The maximum Gasteiger partial charge on any atom is 0.335 e. The van der Waals surface area contributed by atoms with Crippen LogP contribution in [0.2, 0.25) is 0 Å². The van der Waals surface area contributed by atoms with Gasteiger partial charge in [-0.3, -0.25) is 0 Å². The highest BCUT2D eigenvalue weighted by molar-refractivity contribution is 7.89. The van der Waals surface area contributed by atoms with Crippen LogP contribution in [0, 0.1) is 13.8 Å². The van der Waals surface area contributed by atoms with Gasteiger partial charge in [-0.25, -0.2) is 13.2 Å². The number of carboxylic acid groups (broad SMARTS) is 1. The van der Waals surface area contributed by atoms with Crippen molar-refractivity contribution in [1.29, 1.82) is 0 Å². The summed E-state index contributed by atoms with van der Waals surface area (Å²) in [6.07, 6.45) is 0. The van der Waals surface area contributed by atoms with Crippen molar-refractivity contribution in [2.24, 2.45) is 0 Å². The molecule has 1 atom stereocenters. The molecule has 1 N–H and O–H groups in total. The molecule has 1 heterocycles. The van der Waals surface area contributed by atoms with E-state index in [9.17, 15) is 18.3 Å². The van der Waals surface area contributed by atoms with Crippen LogP contribution in [0.4, 0.5) is 0 Å². The van der Waals surface area contributed by atoms with Crippen molar-refractivity contribution in [3.63, 3.8) is 0 Å². The van der Waals surface area contributed by atoms with Crippen LogP contribution in [0.25, 0.3) is 0 Å². The second-order valence-corrected chi connectivity index (χ2v) is 7.14. The Kier molecular flexibility index (Phi) is 4.36. The maximum atomic E-state index is 12.8. The number of hydrogen-bond donors (Lipinski definition) is 1. The van der Waals surface area contributed by atoms with Gasteiger partial charge in [0, 0.05) is 12.6 Å². The van der Waals surface area contributed by atoms with Gasteiger partial charge in [-0.2, -0.15) is 4.31 Å². The average molecular weight is 313 g/mol. The summed E-state index contributed by atoms with van der Waals surface area (Å²) in [7, 11) is -3.72. The molecule has 1 aliphatic rings. The highest BCUT2D eigenvalue weighted by Gasteiger charge is 2.33. The lowest BCUT2D eigenvalue weighted by molar-refractivity contribution is 0.0392. The molecule has 0 amide bonds. The van der Waals surface area contributed by atoms with Gasteiger partial charge in [0.1, 0.15) is 0 Å². The molecular weight excluding hydrogens is 294 g/mol. The predicted octanol–water partition coefficient (Wildman–Crippen LogP) is 1.41. The Morgan fingerprint density at radius 3 is 2.57 bits per heavy atom. The number of carboxylic acids is 1. The average Bonchev–Trinajstić information content (AvgIpc) is 2.38. The van der Waals surface area contributed by atoms with Crippen LogP contribution in [0.5, 0.6) is 0 Å². The summed E-state index contributed by atoms with van der Waals surface area (Å²) in [6.45, 7) is 6.08. The van der Waals surface area contributed by atoms with E-state index in [1.54, 1.807) is 26.8 Å². The van der Waals surface area contributed by atoms with Gasteiger partial charge in [-0.15, -0.1) is 0 Å². The lowest BCUT2D eigenvalue weighted by Crippen LogP contribution is -2.47. The molecule has 1 fully saturated rings. The monoisotopic (exact) mass is 313 g/mol. The minimum Gasteiger partial charge on any atom is -0.478 e. The summed E-state index contributed by atoms with van der Waals surface area (Å²) in [5.41, 5.74) is 1.12. The third kappa shape index (κ3) is 2.95. The summed E-state index contributed by atoms with van der Waals surface area (Å²) >= 11 is 0. The molecule has 6 nitrogen and oxygen atoms in total. The molecule has 116 valence electrons. The molecule has 1 aromatic carbocycles. The quantitative estimate of drug-likeness (QED) is 0.912. The van der Waals surface area contributed by atoms with Crippen LogP contribution in [0.1, 0.15) is 28.4 Å². The van der Waals surface area contributed by atoms with Gasteiger partial charge in [0.25, 0.3) is 0 Å². The number of hydrogen-bond acceptors (Lipinski definition) is 4. The third-order valence-electron chi connectivity index (χ3n) is 3.65. The molecule has 21 heavy (non-hydrogen) atoms. The number of ether oxygens (including phenoxy) is 1. The van der Waals surface area contributed by atoms with E-state index in [-0.39, 0.29) is 23.0 Å². The lowest BCUT2D eigenvalue weighted by Gasteiger charge is -2.32. The zero-order valence-electron chi connectivity index (χ0n) is 12.3. The molecule has 1 aliphatic heterocycles. The zero-order chi connectivity index (χ0) is 15.8. The first-order valence-electron chi connectivity index (χ1n) is 6.69. The van der Waals surface area contributed by atoms with Crippen LogP contribution < -0.4 is 0 Å². The predicted molar refractivity (Wildman–Crippen MR) is 77.0 cm³/mol. The van der Waals surface area contributed by atoms with Gasteiger partial charge in [0.2, 0.25) is 10.0 Å². The minimum absolute atomic E-state index is 0.0140. The number of aromatic carboxylic acids is 1. The van der Waals surface area contributed by atoms with E-state index in [0.29, 0.717) is 24.3 Å². The molecule has 0 radical (unpaired) electrons. The third-order valence-corrected chi connectivity index (χ3v) is 5.80. The summed E-state index contributed by atoms with van der Waals surface area (Å²) in [4.78, 5) is 11.3. The number of rotatable bonds is 3. The van der Waals surface area contributed by atoms with E-state index in [2.05, 4.69) is 0 Å². The standard InChI is InChI=1S/C14H19NO5S/c1-9-6-10(2)13(7-12(9)14(16)17)21(18,19)15-4-5-20-8-11(15)3/h6-7,11H,4-5,8H2,1-3H3,(H,16,17)/t11-/m1/s1. The van der Waals surface area contributed by atoms with Crippen LogP contribution in [0.15, 0.2) is 17.0 Å². The van der Waals surface area contributed by atoms with Gasteiger partial charge in [-0.05, 0) is 38.0 Å². The Labute approximate surface area is 124 Å². The largest absolute Gasteiger partial charge is 0.478 e. The number of morpholine rings is 1. The van der Waals surface area contributed by atoms with E-state index < -0.39 is 16.0 Å². The second kappa shape index (κ2) is 5.75. The van der Waals surface area contributed by atoms with Crippen molar-refractivity contribution in [3.05, 3.63) is 28.8 Å². The first kappa shape index (κ1) is 15.9. The van der Waals surface area contributed by atoms with Crippen molar-refractivity contribution in [2.45, 2.75) is 31.7 Å². The Morgan fingerprint density at radius 1 is 1.33 bits per heavy atom. The maximum absolute atomic E-state index is 12.8. The number of benzene rings is 1. The lowest BCUT2D eigenvalue weighted by atomic mass is 10.1. The van der Waals surface area contributed by atoms with E-state index in [0.717, 1.165) is 0 Å². The SMILES string of the molecule is Cc1cc(C)c(S(=O)(=O)N2CCOC[C@H]2C)cc1C(=O)O. The van der Waals surface area contributed by atoms with E-state index in [1.165, 1.54) is 10.4 Å². The molecule has 0 bridgehead atoms. The van der Waals surface area contributed by atoms with Gasteiger partial charge >= 0.3 is 5.97 Å². The zero-order valence-corrected chi connectivity index (χ0v) is 13.1. The molecule has 0 spiro atoms. The van der Waals surface area contributed by atoms with E-state index in [1.807, 2.05) is 0 Å². The molecule has 1 saturated heterocycles. The smallest absolute Gasteiger partial charge is 0.335 e. The van der Waals surface area contributed by atoms with E-state index in [4.69, 9.17) is 4.74 Å². The van der Waals surface area contributed by atoms with Crippen molar-refractivity contribution in [1.82, 2.24) is 4.31 Å². The van der Waals surface area contributed by atoms with Crippen molar-refractivity contribution >= 4 is 16.0 Å². The number of aryl methyl sites for hydroxylation is 2. The van der Waals surface area contributed by atoms with Gasteiger partial charge in [0.15, 0.2) is 0 Å². The second-order valence-electron chi connectivity index (χ2n) is 5.28. The normalized spacial score (nSPS) is 20.4. The highest BCUT2D eigenvalue weighted by atomic mass is 32.2. The Hall–Kier alpha value is -1.44. The fourth-order valence-corrected chi connectivity index (χ4v) is 4.37. The van der Waals surface area contributed by atoms with Gasteiger partial charge in [-0.1, -0.05) is 6.07 Å². The molecule has 7 heteroatoms. The molecule has 0 unspecified atom stereocenters. The molecular formula is C14H19NO5S. The first-order chi connectivity index (χ1) is 9.75. The van der Waals surface area contributed by atoms with Gasteiger partial charge in [0.05, 0.1) is 23.7 Å². The summed E-state index contributed by atoms with van der Waals surface area (Å²) < 4.78 is 32.2. The molecule has 0 aromatic heterocycles. The van der Waals surface area contributed by atoms with Crippen LogP contribution in [-0.2, 0) is 14.8 Å². The van der Waals surface area contributed by atoms with Crippen molar-refractivity contribution in [3.8, 4) is 0 Å². The molecule has 0 aliphatic carbocycles. The van der Waals surface area contributed by atoms with Crippen LogP contribution in [-0.4, -0.2) is 49.6 Å². The number of nitrogens with zero attached hydrogens (tertiary/aromatic N) is 1. The molecule has 2 rings (SSSR count). The van der Waals surface area contributed by atoms with Crippen LogP contribution >= 0.6 is 0 Å². The summed E-state index contributed by atoms with van der Waals surface area (Å²) in [5.74, 6) is -1.13. The Bertz CT molecular complexity index is 668. The van der Waals surface area contributed by atoms with E-state index >= 15 is 0 Å².